The van der Waals surface area contributed by atoms with Gasteiger partial charge in [-0.15, -0.1) is 0 Å². The third-order valence-corrected chi connectivity index (χ3v) is 3.68. The molecule has 1 aromatic carbocycles. The van der Waals surface area contributed by atoms with Gasteiger partial charge in [0.25, 0.3) is 0 Å². The number of rotatable bonds is 5. The van der Waals surface area contributed by atoms with Crippen molar-refractivity contribution in [2.24, 2.45) is 11.8 Å². The van der Waals surface area contributed by atoms with Gasteiger partial charge >= 0.3 is 5.97 Å². The molecule has 118 valence electrons. The summed E-state index contributed by atoms with van der Waals surface area (Å²) in [4.78, 5) is 27.6. The Morgan fingerprint density at radius 2 is 1.86 bits per heavy atom. The van der Waals surface area contributed by atoms with E-state index in [-0.39, 0.29) is 17.7 Å². The van der Waals surface area contributed by atoms with Crippen LogP contribution in [0.2, 0.25) is 0 Å². The molecule has 0 bridgehead atoms. The quantitative estimate of drug-likeness (QED) is 0.671. The number of aromatic nitrogens is 1. The summed E-state index contributed by atoms with van der Waals surface area (Å²) in [6.45, 7) is 8.05. The predicted molar refractivity (Wildman–Crippen MR) is 87.3 cm³/mol. The average Bonchev–Trinajstić information content (AvgIpc) is 2.81. The molecule has 2 rings (SSSR count). The summed E-state index contributed by atoms with van der Waals surface area (Å²) in [6, 6.07) is 5.29. The Balaban J connectivity index is 2.63. The Morgan fingerprint density at radius 1 is 1.18 bits per heavy atom. The van der Waals surface area contributed by atoms with Crippen LogP contribution in [0.15, 0.2) is 18.2 Å². The van der Waals surface area contributed by atoms with Crippen LogP contribution in [0.3, 0.4) is 0 Å². The number of ketones is 1. The molecule has 0 amide bonds. The summed E-state index contributed by atoms with van der Waals surface area (Å²) < 4.78 is 4.75. The lowest BCUT2D eigenvalue weighted by molar-refractivity contribution is 0.0600. The predicted octanol–water partition coefficient (Wildman–Crippen LogP) is 3.99. The van der Waals surface area contributed by atoms with Gasteiger partial charge in [-0.25, -0.2) is 4.79 Å². The number of ether oxygens (including phenoxy) is 1. The number of hydrogen-bond donors (Lipinski definition) is 1. The maximum atomic E-state index is 12.6. The van der Waals surface area contributed by atoms with Crippen molar-refractivity contribution in [3.63, 3.8) is 0 Å². The number of nitrogens with one attached hydrogen (secondary N) is 1. The first-order chi connectivity index (χ1) is 10.3. The number of aromatic amines is 1. The second-order valence-corrected chi connectivity index (χ2v) is 6.35. The molecule has 0 saturated heterocycles. The van der Waals surface area contributed by atoms with Crippen molar-refractivity contribution in [3.8, 4) is 0 Å². The number of benzene rings is 1. The van der Waals surface area contributed by atoms with Gasteiger partial charge in [-0.3, -0.25) is 4.79 Å². The molecule has 1 heterocycles. The van der Waals surface area contributed by atoms with E-state index in [1.807, 2.05) is 19.9 Å². The molecule has 0 atom stereocenters. The van der Waals surface area contributed by atoms with E-state index < -0.39 is 0 Å². The van der Waals surface area contributed by atoms with Gasteiger partial charge in [-0.1, -0.05) is 33.8 Å². The molecule has 0 aliphatic carbocycles. The third-order valence-electron chi connectivity index (χ3n) is 3.68. The minimum absolute atomic E-state index is 0.0646. The van der Waals surface area contributed by atoms with Gasteiger partial charge < -0.3 is 9.72 Å². The van der Waals surface area contributed by atoms with Crippen molar-refractivity contribution < 1.29 is 14.3 Å². The molecule has 2 aromatic rings. The molecule has 22 heavy (non-hydrogen) atoms. The normalized spacial score (nSPS) is 11.4. The highest BCUT2D eigenvalue weighted by atomic mass is 16.5. The number of Topliss-reactive ketones (excluding diaryl/α,β-unsaturated/α-hetero) is 1. The van der Waals surface area contributed by atoms with Crippen LogP contribution in [-0.4, -0.2) is 23.8 Å². The maximum Gasteiger partial charge on any atom is 0.337 e. The van der Waals surface area contributed by atoms with E-state index >= 15 is 0 Å². The van der Waals surface area contributed by atoms with Gasteiger partial charge in [0.15, 0.2) is 5.78 Å². The van der Waals surface area contributed by atoms with Crippen molar-refractivity contribution in [2.45, 2.75) is 34.1 Å². The van der Waals surface area contributed by atoms with Crippen molar-refractivity contribution in [3.05, 3.63) is 35.0 Å². The Bertz CT molecular complexity index is 710. The molecule has 0 aliphatic rings. The molecular formula is C18H23NO3. The second kappa shape index (κ2) is 6.34. The van der Waals surface area contributed by atoms with Crippen molar-refractivity contribution >= 4 is 22.7 Å². The zero-order chi connectivity index (χ0) is 16.4. The number of hydrogen-bond acceptors (Lipinski definition) is 3. The van der Waals surface area contributed by atoms with E-state index in [0.29, 0.717) is 11.5 Å². The summed E-state index contributed by atoms with van der Waals surface area (Å²) in [7, 11) is 1.36. The molecule has 0 aliphatic heterocycles. The van der Waals surface area contributed by atoms with Crippen LogP contribution in [0, 0.1) is 11.8 Å². The zero-order valence-corrected chi connectivity index (χ0v) is 13.8. The smallest absolute Gasteiger partial charge is 0.337 e. The summed E-state index contributed by atoms with van der Waals surface area (Å²) >= 11 is 0. The molecule has 1 aromatic heterocycles. The average molecular weight is 301 g/mol. The van der Waals surface area contributed by atoms with Gasteiger partial charge in [-0.2, -0.15) is 0 Å². The van der Waals surface area contributed by atoms with Crippen molar-refractivity contribution in [1.82, 2.24) is 4.98 Å². The van der Waals surface area contributed by atoms with Crippen LogP contribution >= 0.6 is 0 Å². The topological polar surface area (TPSA) is 59.2 Å². The van der Waals surface area contributed by atoms with Crippen molar-refractivity contribution in [1.29, 1.82) is 0 Å². The van der Waals surface area contributed by atoms with E-state index in [1.54, 1.807) is 12.1 Å². The Hall–Kier alpha value is -2.10. The summed E-state index contributed by atoms with van der Waals surface area (Å²) in [6.07, 6.45) is 0.802. The highest BCUT2D eigenvalue weighted by Crippen LogP contribution is 2.28. The summed E-state index contributed by atoms with van der Waals surface area (Å²) in [5.41, 5.74) is 3.00. The lowest BCUT2D eigenvalue weighted by Gasteiger charge is -2.08. The van der Waals surface area contributed by atoms with Crippen LogP contribution in [0.1, 0.15) is 54.1 Å². The molecule has 1 N–H and O–H groups in total. The number of carbonyl (C=O) groups excluding carboxylic acids is 2. The number of esters is 1. The SMILES string of the molecule is COC(=O)c1ccc2c(C(=O)C(C)C)c(CC(C)C)[nH]c2c1. The van der Waals surface area contributed by atoms with Crippen LogP contribution < -0.4 is 0 Å². The van der Waals surface area contributed by atoms with Crippen LogP contribution in [0.5, 0.6) is 0 Å². The fraction of sp³-hybridized carbons (Fsp3) is 0.444. The van der Waals surface area contributed by atoms with Crippen LogP contribution in [0.25, 0.3) is 10.9 Å². The highest BCUT2D eigenvalue weighted by molar-refractivity contribution is 6.11. The number of methoxy groups -OCH3 is 1. The lowest BCUT2D eigenvalue weighted by Crippen LogP contribution is -2.10. The highest BCUT2D eigenvalue weighted by Gasteiger charge is 2.22. The molecule has 0 radical (unpaired) electrons. The molecule has 0 spiro atoms. The molecule has 0 saturated carbocycles. The van der Waals surface area contributed by atoms with Gasteiger partial charge in [0, 0.05) is 28.1 Å². The van der Waals surface area contributed by atoms with E-state index in [1.165, 1.54) is 7.11 Å². The van der Waals surface area contributed by atoms with Gasteiger partial charge in [0.05, 0.1) is 12.7 Å². The van der Waals surface area contributed by atoms with E-state index in [2.05, 4.69) is 18.8 Å². The minimum Gasteiger partial charge on any atom is -0.465 e. The van der Waals surface area contributed by atoms with Crippen molar-refractivity contribution in [2.75, 3.05) is 7.11 Å². The zero-order valence-electron chi connectivity index (χ0n) is 13.8. The largest absolute Gasteiger partial charge is 0.465 e. The molecule has 4 heteroatoms. The number of fused-ring (bicyclic) bond motifs is 1. The Labute approximate surface area is 130 Å². The van der Waals surface area contributed by atoms with Crippen LogP contribution in [0.4, 0.5) is 0 Å². The first kappa shape index (κ1) is 16.3. The van der Waals surface area contributed by atoms with Gasteiger partial charge in [0.1, 0.15) is 0 Å². The molecule has 0 unspecified atom stereocenters. The number of H-pyrrole nitrogens is 1. The van der Waals surface area contributed by atoms with Crippen LogP contribution in [-0.2, 0) is 11.2 Å². The molecular weight excluding hydrogens is 278 g/mol. The summed E-state index contributed by atoms with van der Waals surface area (Å²) in [5.74, 6) is 0.128. The minimum atomic E-state index is -0.376. The second-order valence-electron chi connectivity index (χ2n) is 6.35. The third kappa shape index (κ3) is 3.06. The van der Waals surface area contributed by atoms with E-state index in [0.717, 1.165) is 28.6 Å². The number of carbonyl (C=O) groups is 2. The first-order valence-corrected chi connectivity index (χ1v) is 7.62. The first-order valence-electron chi connectivity index (χ1n) is 7.62. The lowest BCUT2D eigenvalue weighted by atomic mass is 9.94. The van der Waals surface area contributed by atoms with Gasteiger partial charge in [0.2, 0.25) is 0 Å². The van der Waals surface area contributed by atoms with E-state index in [4.69, 9.17) is 4.74 Å². The fourth-order valence-corrected chi connectivity index (χ4v) is 2.63. The standard InChI is InChI=1S/C18H23NO3/c1-10(2)8-15-16(17(20)11(3)4)13-7-6-12(18(21)22-5)9-14(13)19-15/h6-7,9-11,19H,8H2,1-5H3. The maximum absolute atomic E-state index is 12.6. The Kier molecular flexibility index (Phi) is 4.69. The van der Waals surface area contributed by atoms with Gasteiger partial charge in [-0.05, 0) is 24.5 Å². The van der Waals surface area contributed by atoms with E-state index in [9.17, 15) is 9.59 Å². The summed E-state index contributed by atoms with van der Waals surface area (Å²) in [5, 5.41) is 0.877. The monoisotopic (exact) mass is 301 g/mol. The molecule has 4 nitrogen and oxygen atoms in total. The Morgan fingerprint density at radius 3 is 2.41 bits per heavy atom. The molecule has 0 fully saturated rings. The fourth-order valence-electron chi connectivity index (χ4n) is 2.63.